The fraction of sp³-hybridized carbons (Fsp3) is 0.182. The Kier molecular flexibility index (Phi) is 8.41. The van der Waals surface area contributed by atoms with Crippen molar-refractivity contribution in [1.29, 1.82) is 0 Å². The molecule has 0 unspecified atom stereocenters. The van der Waals surface area contributed by atoms with E-state index in [1.54, 1.807) is 0 Å². The number of benzene rings is 6. The Morgan fingerprint density at radius 3 is 0.875 bits per heavy atom. The molecule has 6 aromatic rings. The molecule has 48 heavy (non-hydrogen) atoms. The summed E-state index contributed by atoms with van der Waals surface area (Å²) in [6.07, 6.45) is 2.71. The van der Waals surface area contributed by atoms with Crippen LogP contribution in [0.2, 0.25) is 0 Å². The molecule has 0 spiro atoms. The number of phenolic OH excluding ortho intramolecular Hbond substituents is 4. The quantitative estimate of drug-likeness (QED) is 0.156. The van der Waals surface area contributed by atoms with Crippen LogP contribution in [0, 0.1) is 13.8 Å². The molecule has 0 atom stereocenters. The number of phenols is 4. The Bertz CT molecular complexity index is 1880. The maximum atomic E-state index is 11.7. The van der Waals surface area contributed by atoms with Gasteiger partial charge in [-0.05, 0) is 93.5 Å². The minimum absolute atomic E-state index is 0.176. The van der Waals surface area contributed by atoms with Crippen molar-refractivity contribution in [3.05, 3.63) is 187 Å². The van der Waals surface area contributed by atoms with Crippen LogP contribution in [0.5, 0.6) is 23.0 Å². The van der Waals surface area contributed by atoms with E-state index in [0.29, 0.717) is 38.5 Å². The van der Waals surface area contributed by atoms with Gasteiger partial charge in [0.15, 0.2) is 0 Å². The monoisotopic (exact) mass is 632 g/mol. The van der Waals surface area contributed by atoms with Crippen molar-refractivity contribution in [3.8, 4) is 23.0 Å². The molecule has 0 saturated heterocycles. The van der Waals surface area contributed by atoms with Crippen LogP contribution in [-0.4, -0.2) is 20.4 Å². The maximum absolute atomic E-state index is 11.7. The minimum Gasteiger partial charge on any atom is -0.507 e. The highest BCUT2D eigenvalue weighted by atomic mass is 16.3. The smallest absolute Gasteiger partial charge is 0.122 e. The summed E-state index contributed by atoms with van der Waals surface area (Å²) < 4.78 is 0. The molecule has 0 heterocycles. The largest absolute Gasteiger partial charge is 0.507 e. The molecule has 240 valence electrons. The Labute approximate surface area is 282 Å². The average molecular weight is 633 g/mol. The van der Waals surface area contributed by atoms with Crippen LogP contribution in [0.1, 0.15) is 77.9 Å². The molecule has 0 amide bonds. The lowest BCUT2D eigenvalue weighted by Crippen LogP contribution is -2.04. The first kappa shape index (κ1) is 31.1. The van der Waals surface area contributed by atoms with E-state index in [-0.39, 0.29) is 23.0 Å². The summed E-state index contributed by atoms with van der Waals surface area (Å²) in [5.74, 6) is 0.708. The molecule has 0 aliphatic heterocycles. The summed E-state index contributed by atoms with van der Waals surface area (Å²) in [5, 5.41) is 46.9. The van der Waals surface area contributed by atoms with Gasteiger partial charge in [-0.15, -0.1) is 0 Å². The van der Waals surface area contributed by atoms with Crippen molar-refractivity contribution in [1.82, 2.24) is 0 Å². The molecule has 4 N–H and O–H groups in total. The van der Waals surface area contributed by atoms with Gasteiger partial charge in [-0.25, -0.2) is 0 Å². The van der Waals surface area contributed by atoms with E-state index in [0.717, 1.165) is 77.9 Å². The summed E-state index contributed by atoms with van der Waals surface area (Å²) in [4.78, 5) is 0. The minimum atomic E-state index is 0.176. The Balaban J connectivity index is 1.41. The third kappa shape index (κ3) is 6.52. The predicted octanol–water partition coefficient (Wildman–Crippen LogP) is 8.98. The number of hydrogen-bond acceptors (Lipinski definition) is 4. The molecule has 4 heteroatoms. The Morgan fingerprint density at radius 1 is 0.354 bits per heavy atom. The first-order chi connectivity index (χ1) is 23.2. The van der Waals surface area contributed by atoms with E-state index in [1.807, 2.05) is 98.8 Å². The number of aromatic hydroxyl groups is 4. The van der Waals surface area contributed by atoms with E-state index in [4.69, 9.17) is 0 Å². The topological polar surface area (TPSA) is 80.9 Å². The Morgan fingerprint density at radius 2 is 0.604 bits per heavy atom. The maximum Gasteiger partial charge on any atom is 0.122 e. The second kappa shape index (κ2) is 13.0. The Hall–Kier alpha value is -5.48. The lowest BCUT2D eigenvalue weighted by atomic mass is 9.87. The molecule has 7 rings (SSSR count). The van der Waals surface area contributed by atoms with Crippen LogP contribution >= 0.6 is 0 Å². The molecule has 4 nitrogen and oxygen atoms in total. The standard InChI is InChI=1S/C44H40O4/c1-27-13-33-23-37-19-31(17-29-9-5-3-6-10-29)21-39(43(37)47)25-35-15-28(2)16-36(42(35)46)26-40-22-32(18-30-11-7-4-8-12-30)20-38(44(40)48)24-34(14-27)41(33)45/h3-16,19-22,45-48H,17-18,23-26H2,1-2H3. The lowest BCUT2D eigenvalue weighted by molar-refractivity contribution is 0.450. The fourth-order valence-corrected chi connectivity index (χ4v) is 7.30. The number of hydrogen-bond donors (Lipinski definition) is 4. The molecule has 8 bridgehead atoms. The number of rotatable bonds is 4. The van der Waals surface area contributed by atoms with E-state index in [2.05, 4.69) is 24.3 Å². The van der Waals surface area contributed by atoms with Crippen molar-refractivity contribution in [2.75, 3.05) is 0 Å². The van der Waals surface area contributed by atoms with Crippen molar-refractivity contribution in [3.63, 3.8) is 0 Å². The van der Waals surface area contributed by atoms with Gasteiger partial charge < -0.3 is 20.4 Å². The molecule has 0 radical (unpaired) electrons. The second-order valence-electron chi connectivity index (χ2n) is 13.4. The van der Waals surface area contributed by atoms with Crippen molar-refractivity contribution >= 4 is 0 Å². The highest BCUT2D eigenvalue weighted by Crippen LogP contribution is 2.39. The highest BCUT2D eigenvalue weighted by molar-refractivity contribution is 5.57. The van der Waals surface area contributed by atoms with E-state index in [9.17, 15) is 20.4 Å². The van der Waals surface area contributed by atoms with E-state index >= 15 is 0 Å². The first-order valence-corrected chi connectivity index (χ1v) is 16.6. The van der Waals surface area contributed by atoms with Crippen LogP contribution < -0.4 is 0 Å². The van der Waals surface area contributed by atoms with Crippen molar-refractivity contribution in [2.45, 2.75) is 52.4 Å². The van der Waals surface area contributed by atoms with Crippen LogP contribution in [0.3, 0.4) is 0 Å². The summed E-state index contributed by atoms with van der Waals surface area (Å²) in [7, 11) is 0. The van der Waals surface area contributed by atoms with Crippen molar-refractivity contribution < 1.29 is 20.4 Å². The second-order valence-corrected chi connectivity index (χ2v) is 13.4. The van der Waals surface area contributed by atoms with Gasteiger partial charge in [0.25, 0.3) is 0 Å². The number of aryl methyl sites for hydroxylation is 2. The summed E-state index contributed by atoms with van der Waals surface area (Å²) in [5.41, 5.74) is 12.2. The van der Waals surface area contributed by atoms with E-state index < -0.39 is 0 Å². The van der Waals surface area contributed by atoms with Gasteiger partial charge in [-0.2, -0.15) is 0 Å². The summed E-state index contributed by atoms with van der Waals surface area (Å²) >= 11 is 0. The van der Waals surface area contributed by atoms with Crippen LogP contribution in [0.25, 0.3) is 0 Å². The van der Waals surface area contributed by atoms with Crippen molar-refractivity contribution in [2.24, 2.45) is 0 Å². The summed E-state index contributed by atoms with van der Waals surface area (Å²) in [6.45, 7) is 4.02. The van der Waals surface area contributed by atoms with Gasteiger partial charge >= 0.3 is 0 Å². The molecule has 1 aliphatic rings. The van der Waals surface area contributed by atoms with Gasteiger partial charge in [0.2, 0.25) is 0 Å². The number of fused-ring (bicyclic) bond motifs is 8. The molecular formula is C44H40O4. The lowest BCUT2D eigenvalue weighted by Gasteiger charge is -2.20. The summed E-state index contributed by atoms with van der Waals surface area (Å²) in [6, 6.07) is 36.5. The highest BCUT2D eigenvalue weighted by Gasteiger charge is 2.21. The van der Waals surface area contributed by atoms with Crippen LogP contribution in [-0.2, 0) is 38.5 Å². The molecule has 1 aliphatic carbocycles. The van der Waals surface area contributed by atoms with Gasteiger partial charge in [-0.3, -0.25) is 0 Å². The van der Waals surface area contributed by atoms with Gasteiger partial charge in [0.05, 0.1) is 0 Å². The first-order valence-electron chi connectivity index (χ1n) is 16.6. The zero-order valence-corrected chi connectivity index (χ0v) is 27.4. The van der Waals surface area contributed by atoms with Crippen LogP contribution in [0.4, 0.5) is 0 Å². The average Bonchev–Trinajstić information content (AvgIpc) is 3.06. The molecule has 6 aromatic carbocycles. The molecular weight excluding hydrogens is 592 g/mol. The molecule has 0 aromatic heterocycles. The van der Waals surface area contributed by atoms with Gasteiger partial charge in [0, 0.05) is 25.7 Å². The SMILES string of the molecule is Cc1cc2c(O)c(c1)Cc1cc(Cc3ccccc3)cc(c1O)Cc1cc(C)cc(c1O)Cc1cc(Cc3ccccc3)cc(c1O)C2. The fourth-order valence-electron chi connectivity index (χ4n) is 7.30. The van der Waals surface area contributed by atoms with Crippen LogP contribution in [0.15, 0.2) is 109 Å². The van der Waals surface area contributed by atoms with Gasteiger partial charge in [0.1, 0.15) is 23.0 Å². The third-order valence-corrected chi connectivity index (χ3v) is 9.51. The molecule has 0 saturated carbocycles. The normalized spacial score (nSPS) is 12.5. The molecule has 0 fully saturated rings. The zero-order valence-electron chi connectivity index (χ0n) is 27.4. The zero-order chi connectivity index (χ0) is 33.4. The predicted molar refractivity (Wildman–Crippen MR) is 192 cm³/mol. The van der Waals surface area contributed by atoms with E-state index in [1.165, 1.54) is 0 Å². The third-order valence-electron chi connectivity index (χ3n) is 9.51. The van der Waals surface area contributed by atoms with Gasteiger partial charge in [-0.1, -0.05) is 120 Å².